The third-order valence-electron chi connectivity index (χ3n) is 2.78. The van der Waals surface area contributed by atoms with Crippen molar-refractivity contribution < 1.29 is 18.3 Å². The highest BCUT2D eigenvalue weighted by Crippen LogP contribution is 2.28. The number of carbonyl (C=O) groups is 1. The molecule has 2 aromatic rings. The predicted molar refractivity (Wildman–Crippen MR) is 80.4 cm³/mol. The lowest BCUT2D eigenvalue weighted by molar-refractivity contribution is 0.0698. The number of para-hydroxylation sites is 1. The number of hydrogen-bond acceptors (Lipinski definition) is 3. The van der Waals surface area contributed by atoms with E-state index in [0.717, 1.165) is 5.56 Å². The van der Waals surface area contributed by atoms with Crippen LogP contribution >= 0.6 is 11.6 Å². The van der Waals surface area contributed by atoms with E-state index in [1.165, 1.54) is 30.3 Å². The maximum atomic E-state index is 12.3. The van der Waals surface area contributed by atoms with E-state index in [1.807, 2.05) is 0 Å². The number of carboxylic acids is 1. The number of carboxylic acid groups (broad SMARTS) is 1. The van der Waals surface area contributed by atoms with Gasteiger partial charge in [-0.1, -0.05) is 29.8 Å². The largest absolute Gasteiger partial charge is 0.478 e. The van der Waals surface area contributed by atoms with Crippen molar-refractivity contribution in [2.24, 2.45) is 0 Å². The third-order valence-corrected chi connectivity index (χ3v) is 4.44. The molecule has 0 amide bonds. The van der Waals surface area contributed by atoms with Crippen molar-refractivity contribution in [3.05, 3.63) is 58.6 Å². The Morgan fingerprint density at radius 2 is 1.86 bits per heavy atom. The summed E-state index contributed by atoms with van der Waals surface area (Å²) < 4.78 is 26.9. The molecule has 0 aliphatic carbocycles. The van der Waals surface area contributed by atoms with Crippen LogP contribution in [-0.2, 0) is 10.0 Å². The minimum absolute atomic E-state index is 0.0196. The highest BCUT2D eigenvalue weighted by molar-refractivity contribution is 7.92. The fourth-order valence-corrected chi connectivity index (χ4v) is 3.26. The number of anilines is 1. The Morgan fingerprint density at radius 1 is 1.19 bits per heavy atom. The predicted octanol–water partition coefficient (Wildman–Crippen LogP) is 3.15. The molecular formula is C14H12ClNO4S. The normalized spacial score (nSPS) is 11.1. The van der Waals surface area contributed by atoms with Crippen molar-refractivity contribution in [3.8, 4) is 0 Å². The molecule has 0 bridgehead atoms. The van der Waals surface area contributed by atoms with Gasteiger partial charge in [-0.3, -0.25) is 4.72 Å². The summed E-state index contributed by atoms with van der Waals surface area (Å²) >= 11 is 5.91. The Hall–Kier alpha value is -2.05. The minimum atomic E-state index is -3.91. The number of benzene rings is 2. The zero-order chi connectivity index (χ0) is 15.6. The molecule has 0 saturated carbocycles. The lowest BCUT2D eigenvalue weighted by Gasteiger charge is -2.12. The SMILES string of the molecule is Cc1cccc(S(=O)(=O)Nc2c(Cl)cccc2C(=O)O)c1. The van der Waals surface area contributed by atoms with Gasteiger partial charge in [0.25, 0.3) is 10.0 Å². The number of rotatable bonds is 4. The number of hydrogen-bond donors (Lipinski definition) is 2. The van der Waals surface area contributed by atoms with Crippen molar-refractivity contribution in [1.82, 2.24) is 0 Å². The summed E-state index contributed by atoms with van der Waals surface area (Å²) in [6.07, 6.45) is 0. The Bertz CT molecular complexity index is 802. The van der Waals surface area contributed by atoms with Crippen molar-refractivity contribution >= 4 is 33.3 Å². The van der Waals surface area contributed by atoms with Gasteiger partial charge in [0.1, 0.15) is 0 Å². The van der Waals surface area contributed by atoms with Gasteiger partial charge in [-0.2, -0.15) is 0 Å². The lowest BCUT2D eigenvalue weighted by Crippen LogP contribution is -2.16. The monoisotopic (exact) mass is 325 g/mol. The smallest absolute Gasteiger partial charge is 0.337 e. The summed E-state index contributed by atoms with van der Waals surface area (Å²) in [4.78, 5) is 11.2. The van der Waals surface area contributed by atoms with Crippen molar-refractivity contribution in [1.29, 1.82) is 0 Å². The fraction of sp³-hybridized carbons (Fsp3) is 0.0714. The minimum Gasteiger partial charge on any atom is -0.478 e. The van der Waals surface area contributed by atoms with Gasteiger partial charge in [0.15, 0.2) is 0 Å². The summed E-state index contributed by atoms with van der Waals surface area (Å²) in [5, 5.41) is 9.13. The van der Waals surface area contributed by atoms with E-state index >= 15 is 0 Å². The molecule has 0 heterocycles. The molecule has 2 rings (SSSR count). The molecule has 0 aromatic heterocycles. The average molecular weight is 326 g/mol. The van der Waals surface area contributed by atoms with Crippen LogP contribution in [0.15, 0.2) is 47.4 Å². The van der Waals surface area contributed by atoms with E-state index in [9.17, 15) is 13.2 Å². The van der Waals surface area contributed by atoms with Gasteiger partial charge < -0.3 is 5.11 Å². The Balaban J connectivity index is 2.49. The molecule has 0 aliphatic rings. The van der Waals surface area contributed by atoms with Crippen molar-refractivity contribution in [2.45, 2.75) is 11.8 Å². The number of aryl methyl sites for hydroxylation is 1. The first-order valence-electron chi connectivity index (χ1n) is 5.92. The van der Waals surface area contributed by atoms with Crippen LogP contribution in [0.5, 0.6) is 0 Å². The molecule has 0 radical (unpaired) electrons. The lowest BCUT2D eigenvalue weighted by atomic mass is 10.2. The molecule has 21 heavy (non-hydrogen) atoms. The molecule has 5 nitrogen and oxygen atoms in total. The molecule has 110 valence electrons. The Labute approximate surface area is 127 Å². The summed E-state index contributed by atoms with van der Waals surface area (Å²) in [5.74, 6) is -1.26. The molecule has 2 aromatic carbocycles. The van der Waals surface area contributed by atoms with E-state index in [0.29, 0.717) is 0 Å². The van der Waals surface area contributed by atoms with Crippen LogP contribution in [0, 0.1) is 6.92 Å². The van der Waals surface area contributed by atoms with Crippen LogP contribution in [0.1, 0.15) is 15.9 Å². The topological polar surface area (TPSA) is 83.5 Å². The molecule has 0 fully saturated rings. The van der Waals surface area contributed by atoms with E-state index in [2.05, 4.69) is 4.72 Å². The second kappa shape index (κ2) is 5.75. The van der Waals surface area contributed by atoms with Crippen molar-refractivity contribution in [3.63, 3.8) is 0 Å². The van der Waals surface area contributed by atoms with Crippen LogP contribution in [0.4, 0.5) is 5.69 Å². The number of aromatic carboxylic acids is 1. The van der Waals surface area contributed by atoms with Crippen LogP contribution in [0.2, 0.25) is 5.02 Å². The molecular weight excluding hydrogens is 314 g/mol. The maximum absolute atomic E-state index is 12.3. The van der Waals surface area contributed by atoms with Gasteiger partial charge in [0.2, 0.25) is 0 Å². The van der Waals surface area contributed by atoms with E-state index in [4.69, 9.17) is 16.7 Å². The quantitative estimate of drug-likeness (QED) is 0.904. The number of nitrogens with one attached hydrogen (secondary N) is 1. The molecule has 0 unspecified atom stereocenters. The summed E-state index contributed by atoms with van der Waals surface area (Å²) in [7, 11) is -3.91. The average Bonchev–Trinajstić information content (AvgIpc) is 2.40. The number of halogens is 1. The summed E-state index contributed by atoms with van der Waals surface area (Å²) in [5.41, 5.74) is 0.419. The Morgan fingerprint density at radius 3 is 2.48 bits per heavy atom. The summed E-state index contributed by atoms with van der Waals surface area (Å²) in [6.45, 7) is 1.76. The van der Waals surface area contributed by atoms with Gasteiger partial charge in [-0.25, -0.2) is 13.2 Å². The highest BCUT2D eigenvalue weighted by Gasteiger charge is 2.20. The molecule has 7 heteroatoms. The highest BCUT2D eigenvalue weighted by atomic mass is 35.5. The van der Waals surface area contributed by atoms with Gasteiger partial charge in [0, 0.05) is 0 Å². The van der Waals surface area contributed by atoms with Crippen LogP contribution in [0.3, 0.4) is 0 Å². The molecule has 0 aliphatic heterocycles. The van der Waals surface area contributed by atoms with E-state index in [1.54, 1.807) is 19.1 Å². The fourth-order valence-electron chi connectivity index (χ4n) is 1.78. The van der Waals surface area contributed by atoms with Gasteiger partial charge >= 0.3 is 5.97 Å². The van der Waals surface area contributed by atoms with Crippen molar-refractivity contribution in [2.75, 3.05) is 4.72 Å². The first kappa shape index (κ1) is 15.3. The summed E-state index contributed by atoms with van der Waals surface area (Å²) in [6, 6.07) is 10.4. The van der Waals surface area contributed by atoms with Gasteiger partial charge in [0.05, 0.1) is 21.2 Å². The van der Waals surface area contributed by atoms with E-state index in [-0.39, 0.29) is 21.2 Å². The van der Waals surface area contributed by atoms with Crippen LogP contribution < -0.4 is 4.72 Å². The zero-order valence-corrected chi connectivity index (χ0v) is 12.6. The zero-order valence-electron chi connectivity index (χ0n) is 11.0. The first-order chi connectivity index (χ1) is 9.81. The second-order valence-electron chi connectivity index (χ2n) is 4.39. The Kier molecular flexibility index (Phi) is 4.20. The van der Waals surface area contributed by atoms with E-state index < -0.39 is 16.0 Å². The molecule has 0 spiro atoms. The maximum Gasteiger partial charge on any atom is 0.337 e. The third kappa shape index (κ3) is 3.34. The molecule has 0 saturated heterocycles. The molecule has 2 N–H and O–H groups in total. The second-order valence-corrected chi connectivity index (χ2v) is 6.48. The van der Waals surface area contributed by atoms with Gasteiger partial charge in [-0.05, 0) is 36.8 Å². The van der Waals surface area contributed by atoms with Gasteiger partial charge in [-0.15, -0.1) is 0 Å². The standard InChI is InChI=1S/C14H12ClNO4S/c1-9-4-2-5-10(8-9)21(19,20)16-13-11(14(17)18)6-3-7-12(13)15/h2-8,16H,1H3,(H,17,18). The van der Waals surface area contributed by atoms with Crippen LogP contribution in [-0.4, -0.2) is 19.5 Å². The van der Waals surface area contributed by atoms with Crippen LogP contribution in [0.25, 0.3) is 0 Å². The number of sulfonamides is 1. The first-order valence-corrected chi connectivity index (χ1v) is 7.78. The molecule has 0 atom stereocenters.